The van der Waals surface area contributed by atoms with E-state index in [1.54, 1.807) is 31.2 Å². The number of rotatable bonds is 6. The van der Waals surface area contributed by atoms with Crippen LogP contribution in [0.4, 0.5) is 0 Å². The summed E-state index contributed by atoms with van der Waals surface area (Å²) in [5.41, 5.74) is 0.524. The second-order valence-electron chi connectivity index (χ2n) is 4.64. The van der Waals surface area contributed by atoms with E-state index >= 15 is 0 Å². The lowest BCUT2D eigenvalue weighted by atomic mass is 10.2. The summed E-state index contributed by atoms with van der Waals surface area (Å²) in [5.74, 6) is -0.459. The van der Waals surface area contributed by atoms with Crippen LogP contribution in [-0.4, -0.2) is 37.5 Å². The van der Waals surface area contributed by atoms with Gasteiger partial charge in [0.2, 0.25) is 5.91 Å². The van der Waals surface area contributed by atoms with E-state index in [1.807, 2.05) is 14.0 Å². The van der Waals surface area contributed by atoms with Crippen molar-refractivity contribution in [3.63, 3.8) is 0 Å². The summed E-state index contributed by atoms with van der Waals surface area (Å²) < 4.78 is 0.904. The van der Waals surface area contributed by atoms with Crippen molar-refractivity contribution in [1.29, 1.82) is 0 Å². The molecule has 0 bridgehead atoms. The van der Waals surface area contributed by atoms with Gasteiger partial charge in [-0.2, -0.15) is 0 Å². The van der Waals surface area contributed by atoms with Gasteiger partial charge in [-0.15, -0.1) is 12.4 Å². The Labute approximate surface area is 139 Å². The zero-order chi connectivity index (χ0) is 15.1. The molecule has 2 amide bonds. The van der Waals surface area contributed by atoms with E-state index < -0.39 is 6.04 Å². The molecule has 0 saturated carbocycles. The summed E-state index contributed by atoms with van der Waals surface area (Å²) in [4.78, 5) is 23.8. The van der Waals surface area contributed by atoms with Gasteiger partial charge in [-0.3, -0.25) is 9.59 Å². The summed E-state index contributed by atoms with van der Waals surface area (Å²) in [6, 6.07) is 6.59. The zero-order valence-electron chi connectivity index (χ0n) is 12.3. The van der Waals surface area contributed by atoms with Crippen LogP contribution in [0.1, 0.15) is 24.2 Å². The van der Waals surface area contributed by atoms with Crippen molar-refractivity contribution < 1.29 is 9.59 Å². The van der Waals surface area contributed by atoms with Crippen LogP contribution in [0.2, 0.25) is 0 Å². The van der Waals surface area contributed by atoms with Gasteiger partial charge in [-0.25, -0.2) is 0 Å². The molecule has 0 aromatic heterocycles. The van der Waals surface area contributed by atoms with Crippen LogP contribution in [0.3, 0.4) is 0 Å². The second kappa shape index (κ2) is 9.76. The van der Waals surface area contributed by atoms with Crippen molar-refractivity contribution in [2.45, 2.75) is 25.9 Å². The van der Waals surface area contributed by atoms with Gasteiger partial charge in [0.05, 0.1) is 0 Å². The first-order chi connectivity index (χ1) is 9.43. The fourth-order valence-electron chi connectivity index (χ4n) is 1.46. The summed E-state index contributed by atoms with van der Waals surface area (Å²) >= 11 is 3.31. The normalized spacial score (nSPS) is 12.8. The summed E-state index contributed by atoms with van der Waals surface area (Å²) in [6.07, 6.45) is 0. The summed E-state index contributed by atoms with van der Waals surface area (Å²) in [7, 11) is 1.83. The Kier molecular flexibility index (Phi) is 9.24. The molecule has 21 heavy (non-hydrogen) atoms. The number of hydrogen-bond donors (Lipinski definition) is 3. The van der Waals surface area contributed by atoms with E-state index in [4.69, 9.17) is 0 Å². The molecule has 0 aliphatic rings. The van der Waals surface area contributed by atoms with E-state index in [-0.39, 0.29) is 30.3 Å². The Morgan fingerprint density at radius 3 is 2.29 bits per heavy atom. The van der Waals surface area contributed by atoms with E-state index in [0.29, 0.717) is 12.1 Å². The average molecular weight is 379 g/mol. The SMILES string of the molecule is CNC(C)CNC(=O)C(C)NC(=O)c1ccc(Br)cc1.Cl. The Bertz CT molecular complexity index is 468. The van der Waals surface area contributed by atoms with Crippen LogP contribution < -0.4 is 16.0 Å². The third kappa shape index (κ3) is 6.93. The molecule has 0 fully saturated rings. The first kappa shape index (κ1) is 19.9. The molecule has 0 saturated heterocycles. The van der Waals surface area contributed by atoms with Gasteiger partial charge < -0.3 is 16.0 Å². The van der Waals surface area contributed by atoms with Gasteiger partial charge >= 0.3 is 0 Å². The van der Waals surface area contributed by atoms with Gasteiger partial charge in [0.1, 0.15) is 6.04 Å². The van der Waals surface area contributed by atoms with E-state index in [2.05, 4.69) is 31.9 Å². The molecule has 0 aliphatic heterocycles. The molecule has 2 atom stereocenters. The smallest absolute Gasteiger partial charge is 0.251 e. The van der Waals surface area contributed by atoms with Crippen molar-refractivity contribution in [2.75, 3.05) is 13.6 Å². The van der Waals surface area contributed by atoms with E-state index in [0.717, 1.165) is 4.47 Å². The van der Waals surface area contributed by atoms with Gasteiger partial charge in [0.25, 0.3) is 5.91 Å². The maximum Gasteiger partial charge on any atom is 0.251 e. The molecule has 1 aromatic carbocycles. The second-order valence-corrected chi connectivity index (χ2v) is 5.55. The molecule has 5 nitrogen and oxygen atoms in total. The minimum Gasteiger partial charge on any atom is -0.353 e. The number of carbonyl (C=O) groups is 2. The fourth-order valence-corrected chi connectivity index (χ4v) is 1.72. The van der Waals surface area contributed by atoms with Crippen molar-refractivity contribution in [3.8, 4) is 0 Å². The van der Waals surface area contributed by atoms with Crippen LogP contribution in [0.15, 0.2) is 28.7 Å². The standard InChI is InChI=1S/C14H20BrN3O2.ClH/c1-9(16-3)8-17-13(19)10(2)18-14(20)11-4-6-12(15)7-5-11;/h4-7,9-10,16H,8H2,1-3H3,(H,17,19)(H,18,20);1H. The molecule has 0 aliphatic carbocycles. The molecule has 3 N–H and O–H groups in total. The predicted molar refractivity (Wildman–Crippen MR) is 89.8 cm³/mol. The quantitative estimate of drug-likeness (QED) is 0.706. The lowest BCUT2D eigenvalue weighted by molar-refractivity contribution is -0.122. The molecular weight excluding hydrogens is 358 g/mol. The number of likely N-dealkylation sites (N-methyl/N-ethyl adjacent to an activating group) is 1. The number of halogens is 2. The molecule has 1 rings (SSSR count). The summed E-state index contributed by atoms with van der Waals surface area (Å²) in [5, 5.41) is 8.47. The number of carbonyl (C=O) groups excluding carboxylic acids is 2. The number of hydrogen-bond acceptors (Lipinski definition) is 3. The molecule has 0 heterocycles. The first-order valence-corrected chi connectivity index (χ1v) is 7.24. The monoisotopic (exact) mass is 377 g/mol. The van der Waals surface area contributed by atoms with E-state index in [9.17, 15) is 9.59 Å². The van der Waals surface area contributed by atoms with Gasteiger partial charge in [-0.1, -0.05) is 15.9 Å². The highest BCUT2D eigenvalue weighted by Gasteiger charge is 2.16. The lowest BCUT2D eigenvalue weighted by Gasteiger charge is -2.16. The van der Waals surface area contributed by atoms with Gasteiger partial charge in [0, 0.05) is 22.6 Å². The molecule has 7 heteroatoms. The average Bonchev–Trinajstić information content (AvgIpc) is 2.44. The molecule has 0 radical (unpaired) electrons. The minimum absolute atomic E-state index is 0. The predicted octanol–water partition coefficient (Wildman–Crippen LogP) is 1.71. The van der Waals surface area contributed by atoms with Gasteiger partial charge in [-0.05, 0) is 45.2 Å². The van der Waals surface area contributed by atoms with Crippen molar-refractivity contribution in [1.82, 2.24) is 16.0 Å². The number of amides is 2. The van der Waals surface area contributed by atoms with Gasteiger partial charge in [0.15, 0.2) is 0 Å². The third-order valence-electron chi connectivity index (χ3n) is 2.92. The Morgan fingerprint density at radius 1 is 1.19 bits per heavy atom. The maximum absolute atomic E-state index is 11.9. The Hall–Kier alpha value is -1.11. The van der Waals surface area contributed by atoms with Crippen molar-refractivity contribution >= 4 is 40.2 Å². The largest absolute Gasteiger partial charge is 0.353 e. The highest BCUT2D eigenvalue weighted by molar-refractivity contribution is 9.10. The van der Waals surface area contributed by atoms with Crippen LogP contribution in [0.25, 0.3) is 0 Å². The highest BCUT2D eigenvalue weighted by Crippen LogP contribution is 2.10. The molecular formula is C14H21BrClN3O2. The number of benzene rings is 1. The topological polar surface area (TPSA) is 70.2 Å². The first-order valence-electron chi connectivity index (χ1n) is 6.45. The third-order valence-corrected chi connectivity index (χ3v) is 3.45. The molecule has 1 aromatic rings. The highest BCUT2D eigenvalue weighted by atomic mass is 79.9. The summed E-state index contributed by atoms with van der Waals surface area (Å²) in [6.45, 7) is 4.15. The van der Waals surface area contributed by atoms with E-state index in [1.165, 1.54) is 0 Å². The number of nitrogens with one attached hydrogen (secondary N) is 3. The molecule has 0 spiro atoms. The van der Waals surface area contributed by atoms with Crippen LogP contribution in [-0.2, 0) is 4.79 Å². The Balaban J connectivity index is 0.00000400. The Morgan fingerprint density at radius 2 is 1.76 bits per heavy atom. The van der Waals surface area contributed by atoms with Crippen molar-refractivity contribution in [2.24, 2.45) is 0 Å². The molecule has 118 valence electrons. The van der Waals surface area contributed by atoms with Crippen molar-refractivity contribution in [3.05, 3.63) is 34.3 Å². The maximum atomic E-state index is 11.9. The minimum atomic E-state index is -0.574. The lowest BCUT2D eigenvalue weighted by Crippen LogP contribution is -2.47. The zero-order valence-corrected chi connectivity index (χ0v) is 14.7. The van der Waals surface area contributed by atoms with Crippen LogP contribution in [0.5, 0.6) is 0 Å². The fraction of sp³-hybridized carbons (Fsp3) is 0.429. The van der Waals surface area contributed by atoms with Crippen LogP contribution >= 0.6 is 28.3 Å². The van der Waals surface area contributed by atoms with Crippen LogP contribution in [0, 0.1) is 0 Å². The molecule has 2 unspecified atom stereocenters.